The predicted octanol–water partition coefficient (Wildman–Crippen LogP) is 1.86. The molecule has 1 spiro atoms. The van der Waals surface area contributed by atoms with Gasteiger partial charge in [0.25, 0.3) is 0 Å². The largest absolute Gasteiger partial charge is 0.396 e. The third-order valence-electron chi connectivity index (χ3n) is 8.74. The molecule has 4 N–H and O–H groups in total. The van der Waals surface area contributed by atoms with Crippen molar-refractivity contribution in [2.24, 2.45) is 34.0 Å². The van der Waals surface area contributed by atoms with Crippen molar-refractivity contribution in [2.45, 2.75) is 64.6 Å². The van der Waals surface area contributed by atoms with Gasteiger partial charge in [0, 0.05) is 10.8 Å². The van der Waals surface area contributed by atoms with E-state index in [0.717, 1.165) is 37.7 Å². The summed E-state index contributed by atoms with van der Waals surface area (Å²) < 4.78 is 0. The molecule has 3 saturated carbocycles. The van der Waals surface area contributed by atoms with Gasteiger partial charge >= 0.3 is 0 Å². The number of fused-ring (bicyclic) bond motifs is 3. The fourth-order valence-electron chi connectivity index (χ4n) is 7.38. The van der Waals surface area contributed by atoms with Crippen molar-refractivity contribution < 1.29 is 20.4 Å². The third-order valence-corrected chi connectivity index (χ3v) is 8.74. The average molecular weight is 336 g/mol. The van der Waals surface area contributed by atoms with Gasteiger partial charge in [-0.3, -0.25) is 0 Å². The van der Waals surface area contributed by atoms with Gasteiger partial charge in [0.15, 0.2) is 0 Å². The summed E-state index contributed by atoms with van der Waals surface area (Å²) in [5, 5.41) is 41.6. The van der Waals surface area contributed by atoms with Gasteiger partial charge in [-0.25, -0.2) is 0 Å². The molecule has 8 unspecified atom stereocenters. The van der Waals surface area contributed by atoms with E-state index < -0.39 is 17.6 Å². The van der Waals surface area contributed by atoms with Crippen molar-refractivity contribution in [1.29, 1.82) is 0 Å². The first-order valence-electron chi connectivity index (χ1n) is 9.61. The number of hydrogen-bond acceptors (Lipinski definition) is 4. The fraction of sp³-hybridized carbons (Fsp3) is 0.900. The van der Waals surface area contributed by atoms with Gasteiger partial charge in [-0.05, 0) is 67.3 Å². The molecule has 0 aromatic heterocycles. The Morgan fingerprint density at radius 2 is 1.79 bits per heavy atom. The summed E-state index contributed by atoms with van der Waals surface area (Å²) in [6.07, 6.45) is 6.75. The normalized spacial score (nSPS) is 56.4. The molecule has 4 aliphatic rings. The highest BCUT2D eigenvalue weighted by Gasteiger charge is 2.67. The van der Waals surface area contributed by atoms with Crippen LogP contribution in [0.25, 0.3) is 0 Å². The van der Waals surface area contributed by atoms with Crippen LogP contribution in [-0.2, 0) is 0 Å². The van der Waals surface area contributed by atoms with Gasteiger partial charge in [0.2, 0.25) is 0 Å². The Morgan fingerprint density at radius 3 is 2.46 bits per heavy atom. The molecule has 0 amide bonds. The first kappa shape index (κ1) is 17.0. The SMILES string of the molecule is CC1(CO)C(O)CCC2(C)C1CC(O)C13C=C(CO)C(CCC21)C3. The predicted molar refractivity (Wildman–Crippen MR) is 91.1 cm³/mol. The van der Waals surface area contributed by atoms with E-state index in [4.69, 9.17) is 0 Å². The Bertz CT molecular complexity index is 560. The molecular formula is C20H32O4. The van der Waals surface area contributed by atoms with Crippen LogP contribution in [0.2, 0.25) is 0 Å². The van der Waals surface area contributed by atoms with Crippen LogP contribution in [0.4, 0.5) is 0 Å². The van der Waals surface area contributed by atoms with Gasteiger partial charge in [0.05, 0.1) is 25.4 Å². The number of hydrogen-bond donors (Lipinski definition) is 4. The second kappa shape index (κ2) is 5.29. The lowest BCUT2D eigenvalue weighted by atomic mass is 9.40. The van der Waals surface area contributed by atoms with Gasteiger partial charge in [0.1, 0.15) is 0 Å². The van der Waals surface area contributed by atoms with E-state index in [0.29, 0.717) is 18.3 Å². The van der Waals surface area contributed by atoms with Crippen LogP contribution in [0, 0.1) is 34.0 Å². The van der Waals surface area contributed by atoms with Crippen LogP contribution in [0.5, 0.6) is 0 Å². The average Bonchev–Trinajstić information content (AvgIpc) is 2.86. The summed E-state index contributed by atoms with van der Waals surface area (Å²) in [5.74, 6) is 0.935. The van der Waals surface area contributed by atoms with Gasteiger partial charge in [-0.1, -0.05) is 19.9 Å². The maximum absolute atomic E-state index is 11.2. The molecule has 0 saturated heterocycles. The summed E-state index contributed by atoms with van der Waals surface area (Å²) >= 11 is 0. The lowest BCUT2D eigenvalue weighted by Crippen LogP contribution is -2.64. The zero-order chi connectivity index (χ0) is 17.3. The molecule has 24 heavy (non-hydrogen) atoms. The molecule has 0 aromatic rings. The molecule has 4 nitrogen and oxygen atoms in total. The van der Waals surface area contributed by atoms with E-state index in [-0.39, 0.29) is 30.0 Å². The molecule has 4 rings (SSSR count). The molecule has 0 radical (unpaired) electrons. The van der Waals surface area contributed by atoms with Crippen LogP contribution < -0.4 is 0 Å². The van der Waals surface area contributed by atoms with Gasteiger partial charge < -0.3 is 20.4 Å². The summed E-state index contributed by atoms with van der Waals surface area (Å²) in [7, 11) is 0. The zero-order valence-electron chi connectivity index (χ0n) is 14.9. The van der Waals surface area contributed by atoms with Gasteiger partial charge in [-0.2, -0.15) is 0 Å². The Balaban J connectivity index is 1.79. The summed E-state index contributed by atoms with van der Waals surface area (Å²) in [5.41, 5.74) is 0.418. The van der Waals surface area contributed by atoms with E-state index >= 15 is 0 Å². The van der Waals surface area contributed by atoms with Gasteiger partial charge in [-0.15, -0.1) is 0 Å². The van der Waals surface area contributed by atoms with Crippen molar-refractivity contribution in [3.05, 3.63) is 11.6 Å². The van der Waals surface area contributed by atoms with E-state index in [1.807, 2.05) is 6.92 Å². The maximum atomic E-state index is 11.2. The zero-order valence-corrected chi connectivity index (χ0v) is 14.9. The Morgan fingerprint density at radius 1 is 1.04 bits per heavy atom. The quantitative estimate of drug-likeness (QED) is 0.580. The summed E-state index contributed by atoms with van der Waals surface area (Å²) in [4.78, 5) is 0. The fourth-order valence-corrected chi connectivity index (χ4v) is 7.38. The van der Waals surface area contributed by atoms with Crippen LogP contribution in [0.3, 0.4) is 0 Å². The standard InChI is InChI=1S/C20H32O4/c1-18-6-5-16(23)19(2,11-22)15(18)7-17(24)20-8-12(3-4-14(18)20)13(9-20)10-21/h9,12,14-17,21-24H,3-8,10-11H2,1-2H3. The minimum atomic E-state index is -0.533. The first-order chi connectivity index (χ1) is 11.3. The molecule has 2 bridgehead atoms. The number of aliphatic hydroxyl groups excluding tert-OH is 4. The number of aliphatic hydroxyl groups is 4. The van der Waals surface area contributed by atoms with Crippen molar-refractivity contribution in [2.75, 3.05) is 13.2 Å². The van der Waals surface area contributed by atoms with Crippen LogP contribution >= 0.6 is 0 Å². The lowest BCUT2D eigenvalue weighted by molar-refractivity contribution is -0.221. The van der Waals surface area contributed by atoms with Crippen molar-refractivity contribution >= 4 is 0 Å². The Kier molecular flexibility index (Phi) is 3.75. The second-order valence-electron chi connectivity index (χ2n) is 9.55. The minimum Gasteiger partial charge on any atom is -0.396 e. The smallest absolute Gasteiger partial charge is 0.0644 e. The van der Waals surface area contributed by atoms with Crippen molar-refractivity contribution in [1.82, 2.24) is 0 Å². The van der Waals surface area contributed by atoms with Crippen molar-refractivity contribution in [3.8, 4) is 0 Å². The maximum Gasteiger partial charge on any atom is 0.0644 e. The molecular weight excluding hydrogens is 304 g/mol. The van der Waals surface area contributed by atoms with E-state index in [2.05, 4.69) is 13.0 Å². The molecule has 136 valence electrons. The number of rotatable bonds is 2. The van der Waals surface area contributed by atoms with E-state index in [9.17, 15) is 20.4 Å². The molecule has 8 atom stereocenters. The highest BCUT2D eigenvalue weighted by atomic mass is 16.3. The summed E-state index contributed by atoms with van der Waals surface area (Å²) in [6.45, 7) is 4.42. The first-order valence-corrected chi connectivity index (χ1v) is 9.61. The van der Waals surface area contributed by atoms with Crippen molar-refractivity contribution in [3.63, 3.8) is 0 Å². The molecule has 4 heteroatoms. The molecule has 0 heterocycles. The monoisotopic (exact) mass is 336 g/mol. The Labute approximate surface area is 144 Å². The minimum absolute atomic E-state index is 0.0266. The molecule has 3 fully saturated rings. The third kappa shape index (κ3) is 1.89. The lowest BCUT2D eigenvalue weighted by Gasteiger charge is -2.66. The topological polar surface area (TPSA) is 80.9 Å². The highest BCUT2D eigenvalue weighted by molar-refractivity contribution is 5.30. The summed E-state index contributed by atoms with van der Waals surface area (Å²) in [6, 6.07) is 0. The van der Waals surface area contributed by atoms with Crippen LogP contribution in [-0.4, -0.2) is 45.8 Å². The van der Waals surface area contributed by atoms with E-state index in [1.54, 1.807) is 0 Å². The molecule has 4 aliphatic carbocycles. The van der Waals surface area contributed by atoms with E-state index in [1.165, 1.54) is 0 Å². The molecule has 0 aromatic carbocycles. The van der Waals surface area contributed by atoms with Crippen LogP contribution in [0.1, 0.15) is 52.4 Å². The molecule has 0 aliphatic heterocycles. The van der Waals surface area contributed by atoms with Crippen LogP contribution in [0.15, 0.2) is 11.6 Å². The highest BCUT2D eigenvalue weighted by Crippen LogP contribution is 2.70. The second-order valence-corrected chi connectivity index (χ2v) is 9.55. The Hall–Kier alpha value is -0.420.